The van der Waals surface area contributed by atoms with E-state index < -0.39 is 0 Å². The molecule has 2 fully saturated rings. The zero-order valence-corrected chi connectivity index (χ0v) is 20.4. The number of hydrogen-bond donors (Lipinski definition) is 3. The Labute approximate surface area is 203 Å². The number of aliphatic hydroxyl groups is 1. The van der Waals surface area contributed by atoms with Crippen molar-refractivity contribution in [1.82, 2.24) is 19.5 Å². The van der Waals surface area contributed by atoms with Gasteiger partial charge < -0.3 is 20.6 Å². The monoisotopic (exact) mass is 488 g/mol. The number of thiol groups is 1. The molecule has 3 aromatic rings. The number of carbonyl (C=O) groups is 1. The molecule has 1 unspecified atom stereocenters. The van der Waals surface area contributed by atoms with E-state index in [1.807, 2.05) is 24.1 Å². The lowest BCUT2D eigenvalue weighted by Crippen LogP contribution is -2.51. The predicted octanol–water partition coefficient (Wildman–Crippen LogP) is 3.37. The first-order valence-corrected chi connectivity index (χ1v) is 12.3. The molecule has 0 saturated carbocycles. The van der Waals surface area contributed by atoms with Crippen LogP contribution in [0, 0.1) is 6.92 Å². The van der Waals surface area contributed by atoms with Gasteiger partial charge in [0, 0.05) is 48.2 Å². The van der Waals surface area contributed by atoms with Crippen LogP contribution >= 0.6 is 24.2 Å². The number of amides is 1. The summed E-state index contributed by atoms with van der Waals surface area (Å²) in [6.45, 7) is 3.83. The lowest BCUT2D eigenvalue weighted by atomic mass is 9.98. The molecule has 4 heterocycles. The zero-order chi connectivity index (χ0) is 23.7. The molecule has 0 spiro atoms. The van der Waals surface area contributed by atoms with Crippen molar-refractivity contribution in [2.75, 3.05) is 36.5 Å². The van der Waals surface area contributed by atoms with Gasteiger partial charge in [-0.2, -0.15) is 17.7 Å². The van der Waals surface area contributed by atoms with Crippen LogP contribution in [0.1, 0.15) is 46.9 Å². The second-order valence-corrected chi connectivity index (χ2v) is 8.86. The number of nitrogens with two attached hydrogens (primary N) is 1. The summed E-state index contributed by atoms with van der Waals surface area (Å²) in [6, 6.07) is 6.80. The SMILES string of the molecule is CS.Cc1cn2nc(C3CCCCN3C(=O)c3cc(Cl)ccc3N)cc2nc1N1CC(O)C1. The van der Waals surface area contributed by atoms with Crippen molar-refractivity contribution < 1.29 is 9.90 Å². The fourth-order valence-corrected chi connectivity index (χ4v) is 4.65. The molecule has 1 amide bonds. The van der Waals surface area contributed by atoms with Gasteiger partial charge in [-0.25, -0.2) is 9.50 Å². The summed E-state index contributed by atoms with van der Waals surface area (Å²) in [7, 11) is 0. The summed E-state index contributed by atoms with van der Waals surface area (Å²) in [5, 5.41) is 14.9. The highest BCUT2D eigenvalue weighted by Gasteiger charge is 2.32. The highest BCUT2D eigenvalue weighted by Crippen LogP contribution is 2.34. The maximum Gasteiger partial charge on any atom is 0.256 e. The third-order valence-electron chi connectivity index (χ3n) is 6.14. The van der Waals surface area contributed by atoms with E-state index in [0.29, 0.717) is 35.9 Å². The highest BCUT2D eigenvalue weighted by atomic mass is 35.5. The zero-order valence-electron chi connectivity index (χ0n) is 18.8. The van der Waals surface area contributed by atoms with Gasteiger partial charge in [0.15, 0.2) is 5.65 Å². The van der Waals surface area contributed by atoms with Crippen molar-refractivity contribution in [2.24, 2.45) is 0 Å². The maximum atomic E-state index is 13.4. The lowest BCUT2D eigenvalue weighted by molar-refractivity contribution is 0.0607. The van der Waals surface area contributed by atoms with Crippen LogP contribution in [0.5, 0.6) is 0 Å². The number of aromatic nitrogens is 3. The maximum absolute atomic E-state index is 13.4. The molecule has 10 heteroatoms. The van der Waals surface area contributed by atoms with Crippen LogP contribution in [0.25, 0.3) is 5.65 Å². The number of nitrogens with zero attached hydrogens (tertiary/aromatic N) is 5. The summed E-state index contributed by atoms with van der Waals surface area (Å²) in [6.07, 6.45) is 6.15. The van der Waals surface area contributed by atoms with Gasteiger partial charge >= 0.3 is 0 Å². The quantitative estimate of drug-likeness (QED) is 0.386. The fraction of sp³-hybridized carbons (Fsp3) is 0.435. The number of benzene rings is 1. The average molecular weight is 489 g/mol. The molecule has 2 aromatic heterocycles. The van der Waals surface area contributed by atoms with Crippen molar-refractivity contribution in [3.05, 3.63) is 52.3 Å². The van der Waals surface area contributed by atoms with E-state index in [-0.39, 0.29) is 18.1 Å². The molecule has 0 radical (unpaired) electrons. The molecule has 0 aliphatic carbocycles. The Bertz CT molecular complexity index is 1160. The molecule has 5 rings (SSSR count). The molecule has 33 heavy (non-hydrogen) atoms. The molecule has 176 valence electrons. The molecule has 8 nitrogen and oxygen atoms in total. The lowest BCUT2D eigenvalue weighted by Gasteiger charge is -2.37. The van der Waals surface area contributed by atoms with E-state index in [2.05, 4.69) is 17.5 Å². The smallest absolute Gasteiger partial charge is 0.256 e. The molecule has 3 N–H and O–H groups in total. The van der Waals surface area contributed by atoms with Crippen molar-refractivity contribution >= 4 is 47.3 Å². The van der Waals surface area contributed by atoms with Crippen LogP contribution in [-0.2, 0) is 0 Å². The minimum atomic E-state index is -0.293. The topological polar surface area (TPSA) is 100.0 Å². The van der Waals surface area contributed by atoms with Crippen LogP contribution in [0.4, 0.5) is 11.5 Å². The number of hydrogen-bond acceptors (Lipinski definition) is 7. The Morgan fingerprint density at radius 3 is 2.73 bits per heavy atom. The molecule has 2 aliphatic rings. The van der Waals surface area contributed by atoms with Crippen molar-refractivity contribution in [3.8, 4) is 0 Å². The first kappa shape index (κ1) is 23.7. The highest BCUT2D eigenvalue weighted by molar-refractivity contribution is 7.79. The standard InChI is InChI=1S/C22H25ClN6O2.CH4S/c1-13-10-29-20(25-21(13)27-11-15(30)12-27)9-18(26-29)19-4-2-3-7-28(19)22(31)16-8-14(23)5-6-17(16)24;1-2/h5-6,8-10,15,19,30H,2-4,7,11-12,24H2,1H3;2H,1H3. The number of halogens is 1. The third kappa shape index (κ3) is 4.62. The number of rotatable bonds is 3. The molecule has 2 aliphatic heterocycles. The van der Waals surface area contributed by atoms with E-state index in [0.717, 1.165) is 42.0 Å². The second kappa shape index (κ2) is 9.79. The van der Waals surface area contributed by atoms with Crippen molar-refractivity contribution in [3.63, 3.8) is 0 Å². The van der Waals surface area contributed by atoms with E-state index in [9.17, 15) is 9.90 Å². The van der Waals surface area contributed by atoms with Gasteiger partial charge in [-0.1, -0.05) is 11.6 Å². The minimum absolute atomic E-state index is 0.124. The largest absolute Gasteiger partial charge is 0.398 e. The van der Waals surface area contributed by atoms with Crippen LogP contribution < -0.4 is 10.6 Å². The van der Waals surface area contributed by atoms with Crippen molar-refractivity contribution in [1.29, 1.82) is 0 Å². The second-order valence-electron chi connectivity index (χ2n) is 8.42. The fourth-order valence-electron chi connectivity index (χ4n) is 4.48. The Hall–Kier alpha value is -2.49. The Balaban J connectivity index is 0.00000126. The van der Waals surface area contributed by atoms with E-state index in [4.69, 9.17) is 27.4 Å². The number of likely N-dealkylation sites (tertiary alicyclic amines) is 1. The Morgan fingerprint density at radius 2 is 2.00 bits per heavy atom. The normalized spacial score (nSPS) is 18.6. The number of β-amino-alcohol motifs (C(OH)–C–C–N with tert-alkyl or cyclic N) is 1. The van der Waals surface area contributed by atoms with Crippen LogP contribution in [0.2, 0.25) is 5.02 Å². The molecular formula is C23H29ClN6O2S. The van der Waals surface area contributed by atoms with Gasteiger partial charge in [-0.05, 0) is 50.6 Å². The number of aryl methyl sites for hydroxylation is 1. The molecule has 2 saturated heterocycles. The predicted molar refractivity (Wildman–Crippen MR) is 134 cm³/mol. The van der Waals surface area contributed by atoms with Gasteiger partial charge in [0.2, 0.25) is 0 Å². The first-order chi connectivity index (χ1) is 15.9. The summed E-state index contributed by atoms with van der Waals surface area (Å²) in [5.41, 5.74) is 9.48. The summed E-state index contributed by atoms with van der Waals surface area (Å²) < 4.78 is 1.77. The van der Waals surface area contributed by atoms with Crippen LogP contribution in [0.3, 0.4) is 0 Å². The molecule has 1 aromatic carbocycles. The Morgan fingerprint density at radius 1 is 1.24 bits per heavy atom. The molecule has 0 bridgehead atoms. The first-order valence-electron chi connectivity index (χ1n) is 11.0. The van der Waals surface area contributed by atoms with Crippen molar-refractivity contribution in [2.45, 2.75) is 38.3 Å². The minimum Gasteiger partial charge on any atom is -0.398 e. The van der Waals surface area contributed by atoms with Gasteiger partial charge in [0.25, 0.3) is 5.91 Å². The van der Waals surface area contributed by atoms with Gasteiger partial charge in [-0.15, -0.1) is 0 Å². The van der Waals surface area contributed by atoms with Crippen LogP contribution in [-0.4, -0.2) is 62.5 Å². The van der Waals surface area contributed by atoms with E-state index in [1.54, 1.807) is 29.0 Å². The van der Waals surface area contributed by atoms with Gasteiger partial charge in [-0.3, -0.25) is 4.79 Å². The summed E-state index contributed by atoms with van der Waals surface area (Å²) in [4.78, 5) is 22.0. The van der Waals surface area contributed by atoms with E-state index >= 15 is 0 Å². The number of carbonyl (C=O) groups excluding carboxylic acids is 1. The summed E-state index contributed by atoms with van der Waals surface area (Å²) >= 11 is 9.65. The number of piperidine rings is 1. The number of nitrogen functional groups attached to an aromatic ring is 1. The average Bonchev–Trinajstić information content (AvgIpc) is 3.21. The van der Waals surface area contributed by atoms with Gasteiger partial charge in [0.1, 0.15) is 5.82 Å². The van der Waals surface area contributed by atoms with Gasteiger partial charge in [0.05, 0.1) is 23.4 Å². The van der Waals surface area contributed by atoms with E-state index in [1.165, 1.54) is 0 Å². The van der Waals surface area contributed by atoms with Crippen LogP contribution in [0.15, 0.2) is 30.5 Å². The third-order valence-corrected chi connectivity index (χ3v) is 6.37. The number of fused-ring (bicyclic) bond motifs is 1. The summed E-state index contributed by atoms with van der Waals surface area (Å²) in [5.74, 6) is 0.744. The Kier molecular flexibility index (Phi) is 7.02. The molecular weight excluding hydrogens is 460 g/mol. The molecule has 1 atom stereocenters. The number of anilines is 2. The number of aliphatic hydroxyl groups excluding tert-OH is 1.